The Morgan fingerprint density at radius 1 is 1.00 bits per heavy atom. The Bertz CT molecular complexity index is 1100. The topological polar surface area (TPSA) is 60.0 Å². The van der Waals surface area contributed by atoms with E-state index in [0.29, 0.717) is 22.0 Å². The Balaban J connectivity index is 1.84. The van der Waals surface area contributed by atoms with Crippen molar-refractivity contribution < 1.29 is 13.9 Å². The summed E-state index contributed by atoms with van der Waals surface area (Å²) in [4.78, 5) is 11.5. The van der Waals surface area contributed by atoms with Crippen molar-refractivity contribution in [2.24, 2.45) is 0 Å². The lowest BCUT2D eigenvalue weighted by Gasteiger charge is -2.11. The molecule has 1 N–H and O–H groups in total. The van der Waals surface area contributed by atoms with E-state index < -0.39 is 5.82 Å². The molecule has 0 atom stereocenters. The minimum absolute atomic E-state index is 0.117. The van der Waals surface area contributed by atoms with Crippen LogP contribution >= 0.6 is 0 Å². The van der Waals surface area contributed by atoms with Crippen LogP contribution in [0.1, 0.15) is 11.3 Å². The molecule has 0 spiro atoms. The minimum Gasteiger partial charge on any atom is -0.496 e. The van der Waals surface area contributed by atoms with Crippen LogP contribution in [0.2, 0.25) is 0 Å². The molecule has 0 aliphatic rings. The normalized spacial score (nSPS) is 11.2. The van der Waals surface area contributed by atoms with E-state index in [4.69, 9.17) is 9.47 Å². The molecule has 2 heterocycles. The van der Waals surface area contributed by atoms with Crippen LogP contribution in [0, 0.1) is 19.7 Å². The Morgan fingerprint density at radius 2 is 1.84 bits per heavy atom. The second-order valence-corrected chi connectivity index (χ2v) is 5.91. The molecule has 0 saturated carbocycles. The molecule has 0 bridgehead atoms. The van der Waals surface area contributed by atoms with E-state index in [2.05, 4.69) is 15.0 Å². The summed E-state index contributed by atoms with van der Waals surface area (Å²) in [5, 5.41) is 1.15. The zero-order valence-electron chi connectivity index (χ0n) is 14.1. The van der Waals surface area contributed by atoms with Gasteiger partial charge in [0.05, 0.1) is 18.0 Å². The number of aryl methyl sites for hydroxylation is 2. The van der Waals surface area contributed by atoms with Gasteiger partial charge in [-0.25, -0.2) is 14.4 Å². The highest BCUT2D eigenvalue weighted by atomic mass is 19.1. The molecule has 25 heavy (non-hydrogen) atoms. The van der Waals surface area contributed by atoms with Gasteiger partial charge in [-0.15, -0.1) is 0 Å². The smallest absolute Gasteiger partial charge is 0.230 e. The van der Waals surface area contributed by atoms with Crippen LogP contribution in [-0.4, -0.2) is 22.1 Å². The molecule has 0 unspecified atom stereocenters. The Morgan fingerprint density at radius 3 is 2.64 bits per heavy atom. The number of H-pyrrole nitrogens is 1. The van der Waals surface area contributed by atoms with Gasteiger partial charge in [-0.05, 0) is 49.7 Å². The Hall–Kier alpha value is -3.15. The summed E-state index contributed by atoms with van der Waals surface area (Å²) in [5.74, 6) is 0.678. The van der Waals surface area contributed by atoms with Crippen molar-refractivity contribution >= 4 is 21.8 Å². The molecule has 0 aliphatic carbocycles. The van der Waals surface area contributed by atoms with E-state index in [1.165, 1.54) is 6.33 Å². The lowest BCUT2D eigenvalue weighted by atomic mass is 10.1. The molecule has 126 valence electrons. The molecular weight excluding hydrogens is 321 g/mol. The summed E-state index contributed by atoms with van der Waals surface area (Å²) in [6, 6.07) is 8.82. The summed E-state index contributed by atoms with van der Waals surface area (Å²) < 4.78 is 25.9. The van der Waals surface area contributed by atoms with Gasteiger partial charge in [0.15, 0.2) is 11.6 Å². The van der Waals surface area contributed by atoms with Crippen LogP contribution in [0.4, 0.5) is 4.39 Å². The summed E-state index contributed by atoms with van der Waals surface area (Å²) in [6.45, 7) is 3.81. The SMILES string of the molecule is COc1cc2c(Oc3ccc4[nH]c(C)cc4c3F)ncnc2cc1C. The molecule has 0 saturated heterocycles. The van der Waals surface area contributed by atoms with Crippen molar-refractivity contribution in [1.29, 1.82) is 0 Å². The summed E-state index contributed by atoms with van der Waals surface area (Å²) in [6.07, 6.45) is 1.40. The Kier molecular flexibility index (Phi) is 3.53. The molecule has 0 amide bonds. The molecule has 5 nitrogen and oxygen atoms in total. The number of rotatable bonds is 3. The van der Waals surface area contributed by atoms with Crippen molar-refractivity contribution in [3.63, 3.8) is 0 Å². The van der Waals surface area contributed by atoms with Crippen LogP contribution in [0.5, 0.6) is 17.4 Å². The van der Waals surface area contributed by atoms with Gasteiger partial charge in [-0.1, -0.05) is 0 Å². The first-order valence-corrected chi connectivity index (χ1v) is 7.82. The van der Waals surface area contributed by atoms with E-state index in [-0.39, 0.29) is 11.6 Å². The fraction of sp³-hybridized carbons (Fsp3) is 0.158. The first kappa shape index (κ1) is 15.4. The minimum atomic E-state index is -0.423. The zero-order valence-corrected chi connectivity index (χ0v) is 14.1. The van der Waals surface area contributed by atoms with Crippen molar-refractivity contribution in [1.82, 2.24) is 15.0 Å². The van der Waals surface area contributed by atoms with Gasteiger partial charge < -0.3 is 14.5 Å². The van der Waals surface area contributed by atoms with E-state index in [0.717, 1.165) is 16.8 Å². The quantitative estimate of drug-likeness (QED) is 0.590. The van der Waals surface area contributed by atoms with Gasteiger partial charge in [0, 0.05) is 16.6 Å². The third-order valence-electron chi connectivity index (χ3n) is 4.16. The molecule has 0 fully saturated rings. The lowest BCUT2D eigenvalue weighted by Crippen LogP contribution is -1.95. The number of halogens is 1. The maximum atomic E-state index is 14.8. The first-order valence-electron chi connectivity index (χ1n) is 7.82. The number of ether oxygens (including phenoxy) is 2. The summed E-state index contributed by atoms with van der Waals surface area (Å²) >= 11 is 0. The van der Waals surface area contributed by atoms with Gasteiger partial charge in [0.25, 0.3) is 0 Å². The van der Waals surface area contributed by atoms with Gasteiger partial charge in [-0.2, -0.15) is 0 Å². The van der Waals surface area contributed by atoms with Crippen LogP contribution in [0.15, 0.2) is 36.7 Å². The third kappa shape index (κ3) is 2.55. The predicted molar refractivity (Wildman–Crippen MR) is 93.9 cm³/mol. The van der Waals surface area contributed by atoms with Gasteiger partial charge in [-0.3, -0.25) is 0 Å². The summed E-state index contributed by atoms with van der Waals surface area (Å²) in [5.41, 5.74) is 3.28. The van der Waals surface area contributed by atoms with Gasteiger partial charge in [0.1, 0.15) is 12.1 Å². The van der Waals surface area contributed by atoms with Crippen LogP contribution in [0.25, 0.3) is 21.8 Å². The van der Waals surface area contributed by atoms with E-state index in [9.17, 15) is 4.39 Å². The number of aromatic nitrogens is 3. The average Bonchev–Trinajstić information content (AvgIpc) is 2.98. The van der Waals surface area contributed by atoms with E-state index in [1.54, 1.807) is 31.4 Å². The molecule has 0 radical (unpaired) electrons. The zero-order chi connectivity index (χ0) is 17.6. The van der Waals surface area contributed by atoms with Gasteiger partial charge in [0.2, 0.25) is 5.88 Å². The van der Waals surface area contributed by atoms with Gasteiger partial charge >= 0.3 is 0 Å². The number of nitrogens with zero attached hydrogens (tertiary/aromatic N) is 2. The molecular formula is C19H16FN3O2. The molecule has 6 heteroatoms. The predicted octanol–water partition coefficient (Wildman–Crippen LogP) is 4.67. The number of fused-ring (bicyclic) bond motifs is 2. The standard InChI is InChI=1S/C19H16FN3O2/c1-10-6-15-13(8-17(10)24-3)19(22-9-21-15)25-16-5-4-14-12(18(16)20)7-11(2)23-14/h4-9,23H,1-3H3. The highest BCUT2D eigenvalue weighted by Crippen LogP contribution is 2.34. The highest BCUT2D eigenvalue weighted by molar-refractivity contribution is 5.86. The lowest BCUT2D eigenvalue weighted by molar-refractivity contribution is 0.411. The van der Waals surface area contributed by atoms with Crippen LogP contribution in [0.3, 0.4) is 0 Å². The van der Waals surface area contributed by atoms with E-state index >= 15 is 0 Å². The fourth-order valence-electron chi connectivity index (χ4n) is 2.94. The van der Waals surface area contributed by atoms with Crippen molar-refractivity contribution in [2.45, 2.75) is 13.8 Å². The first-order chi connectivity index (χ1) is 12.1. The number of hydrogen-bond acceptors (Lipinski definition) is 4. The number of benzene rings is 2. The maximum Gasteiger partial charge on any atom is 0.230 e. The number of methoxy groups -OCH3 is 1. The maximum absolute atomic E-state index is 14.8. The average molecular weight is 337 g/mol. The molecule has 2 aromatic carbocycles. The number of aromatic amines is 1. The molecule has 4 rings (SSSR count). The third-order valence-corrected chi connectivity index (χ3v) is 4.16. The van der Waals surface area contributed by atoms with Crippen molar-refractivity contribution in [3.05, 3.63) is 53.7 Å². The monoisotopic (exact) mass is 337 g/mol. The van der Waals surface area contributed by atoms with Crippen LogP contribution < -0.4 is 9.47 Å². The van der Waals surface area contributed by atoms with E-state index in [1.807, 2.05) is 19.9 Å². The van der Waals surface area contributed by atoms with Crippen LogP contribution in [-0.2, 0) is 0 Å². The van der Waals surface area contributed by atoms with Crippen molar-refractivity contribution in [3.8, 4) is 17.4 Å². The number of hydrogen-bond donors (Lipinski definition) is 1. The second kappa shape index (κ2) is 5.73. The molecule has 0 aliphatic heterocycles. The molecule has 4 aromatic rings. The largest absolute Gasteiger partial charge is 0.496 e. The summed E-state index contributed by atoms with van der Waals surface area (Å²) in [7, 11) is 1.60. The fourth-order valence-corrected chi connectivity index (χ4v) is 2.94. The second-order valence-electron chi connectivity index (χ2n) is 5.91. The molecule has 2 aromatic heterocycles. The highest BCUT2D eigenvalue weighted by Gasteiger charge is 2.15. The van der Waals surface area contributed by atoms with Crippen molar-refractivity contribution in [2.75, 3.05) is 7.11 Å². The Labute approximate surface area is 143 Å². The number of nitrogens with one attached hydrogen (secondary N) is 1.